The third-order valence-electron chi connectivity index (χ3n) is 4.07. The number of carbonyl (C=O) groups excluding carboxylic acids is 1. The molecule has 2 aromatic rings. The first-order valence-corrected chi connectivity index (χ1v) is 7.37. The summed E-state index contributed by atoms with van der Waals surface area (Å²) >= 11 is 0. The monoisotopic (exact) mass is 288 g/mol. The van der Waals surface area contributed by atoms with Crippen molar-refractivity contribution in [3.8, 4) is 0 Å². The van der Waals surface area contributed by atoms with Crippen LogP contribution in [0, 0.1) is 0 Å². The largest absolute Gasteiger partial charge is 0.467 e. The second-order valence-corrected chi connectivity index (χ2v) is 5.52. The number of likely N-dealkylation sites (tertiary alicyclic amines) is 1. The van der Waals surface area contributed by atoms with Crippen molar-refractivity contribution in [2.24, 2.45) is 0 Å². The molecule has 2 atom stereocenters. The van der Waals surface area contributed by atoms with Crippen LogP contribution in [0.15, 0.2) is 41.1 Å². The fourth-order valence-electron chi connectivity index (χ4n) is 3.01. The number of amides is 1. The topological polar surface area (TPSA) is 69.5 Å². The molecule has 112 valence electrons. The molecule has 1 fully saturated rings. The van der Waals surface area contributed by atoms with Crippen LogP contribution in [0.3, 0.4) is 0 Å². The van der Waals surface area contributed by atoms with E-state index in [4.69, 9.17) is 4.42 Å². The normalized spacial score (nSPS) is 19.9. The highest BCUT2D eigenvalue weighted by Crippen LogP contribution is 2.28. The van der Waals surface area contributed by atoms with Crippen molar-refractivity contribution < 1.29 is 14.3 Å². The Hall–Kier alpha value is -2.01. The van der Waals surface area contributed by atoms with E-state index in [1.807, 2.05) is 23.2 Å². The Morgan fingerprint density at radius 1 is 1.48 bits per heavy atom. The zero-order chi connectivity index (χ0) is 14.7. The van der Waals surface area contributed by atoms with E-state index >= 15 is 0 Å². The molecule has 1 aliphatic heterocycles. The maximum absolute atomic E-state index is 12.4. The van der Waals surface area contributed by atoms with Crippen LogP contribution >= 0.6 is 0 Å². The number of H-pyrrole nitrogens is 1. The Balaban J connectivity index is 1.61. The number of carbonyl (C=O) groups is 1. The van der Waals surface area contributed by atoms with Gasteiger partial charge in [-0.25, -0.2) is 0 Å². The SMILES string of the molecule is O=C(Cc1ccc[nH]1)N1CCCC1CC(O)c1ccco1. The molecule has 5 nitrogen and oxygen atoms in total. The van der Waals surface area contributed by atoms with Gasteiger partial charge < -0.3 is 19.4 Å². The average Bonchev–Trinajstić information content (AvgIpc) is 3.21. The Bertz CT molecular complexity index is 562. The maximum atomic E-state index is 12.4. The lowest BCUT2D eigenvalue weighted by Crippen LogP contribution is -2.37. The van der Waals surface area contributed by atoms with Crippen molar-refractivity contribution in [2.45, 2.75) is 37.8 Å². The minimum atomic E-state index is -0.649. The summed E-state index contributed by atoms with van der Waals surface area (Å²) in [7, 11) is 0. The molecule has 0 radical (unpaired) electrons. The van der Waals surface area contributed by atoms with Crippen LogP contribution in [0.25, 0.3) is 0 Å². The average molecular weight is 288 g/mol. The molecule has 2 unspecified atom stereocenters. The number of aromatic amines is 1. The lowest BCUT2D eigenvalue weighted by atomic mass is 10.0. The summed E-state index contributed by atoms with van der Waals surface area (Å²) in [6, 6.07) is 7.44. The summed E-state index contributed by atoms with van der Waals surface area (Å²) in [6.45, 7) is 0.773. The van der Waals surface area contributed by atoms with Gasteiger partial charge in [0, 0.05) is 30.9 Å². The molecule has 1 aliphatic rings. The van der Waals surface area contributed by atoms with Crippen molar-refractivity contribution in [3.63, 3.8) is 0 Å². The van der Waals surface area contributed by atoms with Gasteiger partial charge in [-0.2, -0.15) is 0 Å². The zero-order valence-electron chi connectivity index (χ0n) is 11.9. The van der Waals surface area contributed by atoms with E-state index in [0.29, 0.717) is 18.6 Å². The van der Waals surface area contributed by atoms with E-state index in [-0.39, 0.29) is 11.9 Å². The van der Waals surface area contributed by atoms with Gasteiger partial charge in [0.15, 0.2) is 0 Å². The third-order valence-corrected chi connectivity index (χ3v) is 4.07. The summed E-state index contributed by atoms with van der Waals surface area (Å²) in [6.07, 6.45) is 5.58. The predicted molar refractivity (Wildman–Crippen MR) is 77.5 cm³/mol. The van der Waals surface area contributed by atoms with Gasteiger partial charge >= 0.3 is 0 Å². The number of rotatable bonds is 5. The molecule has 3 heterocycles. The van der Waals surface area contributed by atoms with Gasteiger partial charge in [0.1, 0.15) is 11.9 Å². The molecule has 5 heteroatoms. The number of nitrogens with zero attached hydrogens (tertiary/aromatic N) is 1. The first-order valence-electron chi connectivity index (χ1n) is 7.37. The van der Waals surface area contributed by atoms with E-state index in [1.165, 1.54) is 0 Å². The van der Waals surface area contributed by atoms with Gasteiger partial charge in [0.25, 0.3) is 0 Å². The quantitative estimate of drug-likeness (QED) is 0.886. The van der Waals surface area contributed by atoms with Crippen LogP contribution < -0.4 is 0 Å². The molecule has 0 saturated carbocycles. The minimum absolute atomic E-state index is 0.0903. The predicted octanol–water partition coefficient (Wildman–Crippen LogP) is 2.26. The Morgan fingerprint density at radius 3 is 3.10 bits per heavy atom. The van der Waals surface area contributed by atoms with Gasteiger partial charge in [-0.3, -0.25) is 4.79 Å². The molecule has 1 saturated heterocycles. The van der Waals surface area contributed by atoms with Crippen molar-refractivity contribution in [1.82, 2.24) is 9.88 Å². The Kier molecular flexibility index (Phi) is 4.10. The smallest absolute Gasteiger partial charge is 0.228 e. The zero-order valence-corrected chi connectivity index (χ0v) is 11.9. The number of hydrogen-bond acceptors (Lipinski definition) is 3. The van der Waals surface area contributed by atoms with Crippen LogP contribution in [-0.4, -0.2) is 33.5 Å². The number of furan rings is 1. The first kappa shape index (κ1) is 13.9. The van der Waals surface area contributed by atoms with Gasteiger partial charge in [-0.1, -0.05) is 0 Å². The van der Waals surface area contributed by atoms with Crippen LogP contribution in [0.5, 0.6) is 0 Å². The van der Waals surface area contributed by atoms with Crippen molar-refractivity contribution >= 4 is 5.91 Å². The molecule has 1 amide bonds. The van der Waals surface area contributed by atoms with E-state index < -0.39 is 6.10 Å². The minimum Gasteiger partial charge on any atom is -0.467 e. The first-order chi connectivity index (χ1) is 10.2. The lowest BCUT2D eigenvalue weighted by Gasteiger charge is -2.26. The lowest BCUT2D eigenvalue weighted by molar-refractivity contribution is -0.131. The molecule has 3 rings (SSSR count). The highest BCUT2D eigenvalue weighted by atomic mass is 16.4. The number of aromatic nitrogens is 1. The van der Waals surface area contributed by atoms with E-state index in [9.17, 15) is 9.90 Å². The second kappa shape index (κ2) is 6.18. The molecule has 0 spiro atoms. The summed E-state index contributed by atoms with van der Waals surface area (Å²) in [5.41, 5.74) is 0.928. The molecular formula is C16H20N2O3. The fourth-order valence-corrected chi connectivity index (χ4v) is 3.01. The molecular weight excluding hydrogens is 268 g/mol. The molecule has 0 bridgehead atoms. The molecule has 21 heavy (non-hydrogen) atoms. The van der Waals surface area contributed by atoms with Crippen LogP contribution in [0.4, 0.5) is 0 Å². The fraction of sp³-hybridized carbons (Fsp3) is 0.438. The van der Waals surface area contributed by atoms with Crippen molar-refractivity contribution in [3.05, 3.63) is 48.2 Å². The standard InChI is InChI=1S/C16H20N2O3/c19-14(15-6-3-9-21-15)11-13-5-2-8-18(13)16(20)10-12-4-1-7-17-12/h1,3-4,6-7,9,13-14,17,19H,2,5,8,10-11H2. The van der Waals surface area contributed by atoms with E-state index in [1.54, 1.807) is 18.4 Å². The Labute approximate surface area is 123 Å². The number of nitrogens with one attached hydrogen (secondary N) is 1. The maximum Gasteiger partial charge on any atom is 0.228 e. The summed E-state index contributed by atoms with van der Waals surface area (Å²) < 4.78 is 5.23. The van der Waals surface area contributed by atoms with Crippen LogP contribution in [-0.2, 0) is 11.2 Å². The number of aliphatic hydroxyl groups excluding tert-OH is 1. The molecule has 2 N–H and O–H groups in total. The number of aliphatic hydroxyl groups is 1. The molecule has 0 aliphatic carbocycles. The third kappa shape index (κ3) is 3.19. The van der Waals surface area contributed by atoms with Gasteiger partial charge in [-0.15, -0.1) is 0 Å². The van der Waals surface area contributed by atoms with Gasteiger partial charge in [-0.05, 0) is 37.1 Å². The van der Waals surface area contributed by atoms with Crippen molar-refractivity contribution in [2.75, 3.05) is 6.54 Å². The number of hydrogen-bond donors (Lipinski definition) is 2. The van der Waals surface area contributed by atoms with Crippen LogP contribution in [0.2, 0.25) is 0 Å². The highest BCUT2D eigenvalue weighted by Gasteiger charge is 2.31. The summed E-state index contributed by atoms with van der Waals surface area (Å²) in [5, 5.41) is 10.2. The molecule has 2 aromatic heterocycles. The highest BCUT2D eigenvalue weighted by molar-refractivity contribution is 5.79. The van der Waals surface area contributed by atoms with E-state index in [2.05, 4.69) is 4.98 Å². The molecule has 0 aromatic carbocycles. The van der Waals surface area contributed by atoms with Crippen molar-refractivity contribution in [1.29, 1.82) is 0 Å². The van der Waals surface area contributed by atoms with Gasteiger partial charge in [0.2, 0.25) is 5.91 Å². The van der Waals surface area contributed by atoms with E-state index in [0.717, 1.165) is 25.1 Å². The summed E-state index contributed by atoms with van der Waals surface area (Å²) in [5.74, 6) is 0.685. The van der Waals surface area contributed by atoms with Gasteiger partial charge in [0.05, 0.1) is 12.7 Å². The summed E-state index contributed by atoms with van der Waals surface area (Å²) in [4.78, 5) is 17.3. The second-order valence-electron chi connectivity index (χ2n) is 5.52. The Morgan fingerprint density at radius 2 is 2.38 bits per heavy atom. The van der Waals surface area contributed by atoms with Crippen LogP contribution in [0.1, 0.15) is 36.8 Å².